The van der Waals surface area contributed by atoms with Gasteiger partial charge < -0.3 is 5.32 Å². The Balaban J connectivity index is 2.35. The summed E-state index contributed by atoms with van der Waals surface area (Å²) >= 11 is 1.86. The van der Waals surface area contributed by atoms with Crippen LogP contribution in [0.2, 0.25) is 0 Å². The first-order chi connectivity index (χ1) is 7.86. The van der Waals surface area contributed by atoms with Gasteiger partial charge in [-0.05, 0) is 25.1 Å². The summed E-state index contributed by atoms with van der Waals surface area (Å²) in [6, 6.07) is 10.9. The Morgan fingerprint density at radius 1 is 1.38 bits per heavy atom. The van der Waals surface area contributed by atoms with Crippen molar-refractivity contribution in [3.63, 3.8) is 0 Å². The van der Waals surface area contributed by atoms with Crippen LogP contribution < -0.4 is 5.32 Å². The molecule has 0 radical (unpaired) electrons. The maximum atomic E-state index is 5.37. The molecule has 1 unspecified atom stereocenters. The minimum absolute atomic E-state index is 0.426. The predicted molar refractivity (Wildman–Crippen MR) is 72.7 cm³/mol. The van der Waals surface area contributed by atoms with Crippen molar-refractivity contribution in [2.45, 2.75) is 30.7 Å². The van der Waals surface area contributed by atoms with Crippen LogP contribution in [0.15, 0.2) is 35.2 Å². The summed E-state index contributed by atoms with van der Waals surface area (Å²) in [6.07, 6.45) is 7.33. The molecule has 2 heteroatoms. The first kappa shape index (κ1) is 13.2. The monoisotopic (exact) mass is 233 g/mol. The van der Waals surface area contributed by atoms with Gasteiger partial charge in [0.25, 0.3) is 0 Å². The highest BCUT2D eigenvalue weighted by atomic mass is 32.2. The van der Waals surface area contributed by atoms with E-state index < -0.39 is 0 Å². The second-order valence-electron chi connectivity index (χ2n) is 3.68. The number of benzene rings is 1. The molecule has 0 aliphatic rings. The average molecular weight is 233 g/mol. The fourth-order valence-corrected chi connectivity index (χ4v) is 2.37. The zero-order valence-electron chi connectivity index (χ0n) is 9.78. The van der Waals surface area contributed by atoms with Crippen LogP contribution in [0.1, 0.15) is 19.8 Å². The number of hydrogen-bond donors (Lipinski definition) is 1. The lowest BCUT2D eigenvalue weighted by atomic mass is 10.2. The molecule has 0 heterocycles. The highest BCUT2D eigenvalue weighted by molar-refractivity contribution is 7.99. The molecule has 86 valence electrons. The summed E-state index contributed by atoms with van der Waals surface area (Å²) in [7, 11) is 0. The highest BCUT2D eigenvalue weighted by Gasteiger charge is 2.06. The molecular weight excluding hydrogens is 214 g/mol. The van der Waals surface area contributed by atoms with Crippen molar-refractivity contribution in [2.24, 2.45) is 0 Å². The maximum Gasteiger partial charge on any atom is 0.0271 e. The van der Waals surface area contributed by atoms with Crippen LogP contribution in [-0.2, 0) is 0 Å². The smallest absolute Gasteiger partial charge is 0.0271 e. The summed E-state index contributed by atoms with van der Waals surface area (Å²) in [4.78, 5) is 1.31. The lowest BCUT2D eigenvalue weighted by Crippen LogP contribution is -2.31. The molecule has 1 atom stereocenters. The minimum atomic E-state index is 0.426. The van der Waals surface area contributed by atoms with Crippen LogP contribution >= 0.6 is 11.8 Å². The van der Waals surface area contributed by atoms with E-state index in [0.717, 1.165) is 25.1 Å². The third kappa shape index (κ3) is 5.25. The molecule has 1 aromatic rings. The third-order valence-corrected chi connectivity index (χ3v) is 3.42. The van der Waals surface area contributed by atoms with Gasteiger partial charge in [-0.2, -0.15) is 0 Å². The normalized spacial score (nSPS) is 12.0. The van der Waals surface area contributed by atoms with Crippen molar-refractivity contribution in [2.75, 3.05) is 12.3 Å². The Morgan fingerprint density at radius 3 is 2.75 bits per heavy atom. The molecule has 1 nitrogen and oxygen atoms in total. The molecule has 0 aliphatic carbocycles. The highest BCUT2D eigenvalue weighted by Crippen LogP contribution is 2.18. The van der Waals surface area contributed by atoms with Gasteiger partial charge in [0.15, 0.2) is 0 Å². The summed E-state index contributed by atoms with van der Waals surface area (Å²) < 4.78 is 0. The van der Waals surface area contributed by atoms with Crippen molar-refractivity contribution in [3.8, 4) is 12.3 Å². The topological polar surface area (TPSA) is 12.0 Å². The van der Waals surface area contributed by atoms with Gasteiger partial charge in [0, 0.05) is 23.1 Å². The zero-order valence-corrected chi connectivity index (χ0v) is 10.6. The Morgan fingerprint density at radius 2 is 2.12 bits per heavy atom. The zero-order chi connectivity index (χ0) is 11.6. The molecule has 1 rings (SSSR count). The standard InChI is InChI=1S/C14H19NS/c1-3-8-13(15-11-4-2)12-16-14-9-6-5-7-10-14/h1,5-7,9-10,13,15H,4,8,11-12H2,2H3. The summed E-state index contributed by atoms with van der Waals surface area (Å²) in [5.41, 5.74) is 0. The molecule has 0 fully saturated rings. The number of rotatable bonds is 7. The molecule has 1 aromatic carbocycles. The number of terminal acetylenes is 1. The number of hydrogen-bond acceptors (Lipinski definition) is 2. The molecule has 0 bridgehead atoms. The van der Waals surface area contributed by atoms with Crippen molar-refractivity contribution >= 4 is 11.8 Å². The van der Waals surface area contributed by atoms with Gasteiger partial charge in [0.1, 0.15) is 0 Å². The Kier molecular flexibility index (Phi) is 6.80. The van der Waals surface area contributed by atoms with Crippen LogP contribution in [0.25, 0.3) is 0 Å². The quantitative estimate of drug-likeness (QED) is 0.573. The molecule has 1 N–H and O–H groups in total. The fourth-order valence-electron chi connectivity index (χ4n) is 1.39. The first-order valence-corrected chi connectivity index (χ1v) is 6.70. The maximum absolute atomic E-state index is 5.37. The Labute approximate surface area is 103 Å². The Hall–Kier alpha value is -0.910. The van der Waals surface area contributed by atoms with E-state index in [1.54, 1.807) is 0 Å². The lowest BCUT2D eigenvalue weighted by molar-refractivity contribution is 0.563. The first-order valence-electron chi connectivity index (χ1n) is 5.71. The third-order valence-electron chi connectivity index (χ3n) is 2.24. The SMILES string of the molecule is C#CCC(CSc1ccccc1)NCCC. The van der Waals surface area contributed by atoms with E-state index in [2.05, 4.69) is 42.4 Å². The van der Waals surface area contributed by atoms with Gasteiger partial charge in [-0.1, -0.05) is 25.1 Å². The molecule has 0 aliphatic heterocycles. The molecule has 0 aromatic heterocycles. The van der Waals surface area contributed by atoms with Gasteiger partial charge in [0.05, 0.1) is 0 Å². The summed E-state index contributed by atoms with van der Waals surface area (Å²) in [5.74, 6) is 3.77. The molecule has 0 saturated carbocycles. The van der Waals surface area contributed by atoms with E-state index in [4.69, 9.17) is 6.42 Å². The molecule has 16 heavy (non-hydrogen) atoms. The van der Waals surface area contributed by atoms with E-state index in [1.165, 1.54) is 4.90 Å². The number of thioether (sulfide) groups is 1. The molecule has 0 spiro atoms. The minimum Gasteiger partial charge on any atom is -0.312 e. The van der Waals surface area contributed by atoms with E-state index in [1.807, 2.05) is 17.8 Å². The number of nitrogens with one attached hydrogen (secondary N) is 1. The second-order valence-corrected chi connectivity index (χ2v) is 4.78. The van der Waals surface area contributed by atoms with E-state index in [9.17, 15) is 0 Å². The predicted octanol–water partition coefficient (Wildman–Crippen LogP) is 3.17. The second kappa shape index (κ2) is 8.27. The Bertz CT molecular complexity index is 315. The van der Waals surface area contributed by atoms with Gasteiger partial charge in [-0.3, -0.25) is 0 Å². The van der Waals surface area contributed by atoms with Gasteiger partial charge in [-0.25, -0.2) is 0 Å². The van der Waals surface area contributed by atoms with E-state index in [0.29, 0.717) is 6.04 Å². The van der Waals surface area contributed by atoms with Gasteiger partial charge >= 0.3 is 0 Å². The van der Waals surface area contributed by atoms with Crippen molar-refractivity contribution < 1.29 is 0 Å². The lowest BCUT2D eigenvalue weighted by Gasteiger charge is -2.15. The van der Waals surface area contributed by atoms with Crippen molar-refractivity contribution in [1.29, 1.82) is 0 Å². The van der Waals surface area contributed by atoms with Crippen LogP contribution in [0.4, 0.5) is 0 Å². The van der Waals surface area contributed by atoms with Gasteiger partial charge in [-0.15, -0.1) is 24.1 Å². The summed E-state index contributed by atoms with van der Waals surface area (Å²) in [5, 5.41) is 3.48. The van der Waals surface area contributed by atoms with Gasteiger partial charge in [0.2, 0.25) is 0 Å². The van der Waals surface area contributed by atoms with Crippen molar-refractivity contribution in [3.05, 3.63) is 30.3 Å². The largest absolute Gasteiger partial charge is 0.312 e. The van der Waals surface area contributed by atoms with E-state index >= 15 is 0 Å². The van der Waals surface area contributed by atoms with Crippen LogP contribution in [0, 0.1) is 12.3 Å². The van der Waals surface area contributed by atoms with Crippen LogP contribution in [-0.4, -0.2) is 18.3 Å². The molecule has 0 amide bonds. The van der Waals surface area contributed by atoms with Crippen LogP contribution in [0.5, 0.6) is 0 Å². The van der Waals surface area contributed by atoms with E-state index in [-0.39, 0.29) is 0 Å². The van der Waals surface area contributed by atoms with Crippen molar-refractivity contribution in [1.82, 2.24) is 5.32 Å². The molecular formula is C14H19NS. The fraction of sp³-hybridized carbons (Fsp3) is 0.429. The van der Waals surface area contributed by atoms with Crippen LogP contribution in [0.3, 0.4) is 0 Å². The average Bonchev–Trinajstić information content (AvgIpc) is 2.34. The summed E-state index contributed by atoms with van der Waals surface area (Å²) in [6.45, 7) is 3.21. The molecule has 0 saturated heterocycles.